The van der Waals surface area contributed by atoms with E-state index in [0.717, 1.165) is 11.3 Å². The molecule has 0 spiro atoms. The fourth-order valence-corrected chi connectivity index (χ4v) is 2.80. The Morgan fingerprint density at radius 1 is 1.39 bits per heavy atom. The van der Waals surface area contributed by atoms with Crippen molar-refractivity contribution in [1.29, 1.82) is 0 Å². The molecule has 0 atom stereocenters. The Labute approximate surface area is 141 Å². The van der Waals surface area contributed by atoms with Gasteiger partial charge in [0, 0.05) is 6.20 Å². The Morgan fingerprint density at radius 2 is 2.22 bits per heavy atom. The van der Waals surface area contributed by atoms with Crippen LogP contribution < -0.4 is 5.56 Å². The third-order valence-electron chi connectivity index (χ3n) is 3.40. The smallest absolute Gasteiger partial charge is 0.293 e. The molecule has 0 unspecified atom stereocenters. The molecule has 0 aliphatic heterocycles. The van der Waals surface area contributed by atoms with Gasteiger partial charge in [0.1, 0.15) is 11.0 Å². The fraction of sp³-hybridized carbons (Fsp3) is 0.250. The number of rotatable bonds is 3. The molecule has 3 aromatic heterocycles. The number of nitrogens with zero attached hydrogens (tertiary/aromatic N) is 5. The van der Waals surface area contributed by atoms with Crippen LogP contribution in [0.5, 0.6) is 0 Å². The van der Waals surface area contributed by atoms with Crippen LogP contribution in [-0.2, 0) is 13.1 Å². The summed E-state index contributed by atoms with van der Waals surface area (Å²) >= 11 is 3.37. The highest BCUT2D eigenvalue weighted by atomic mass is 79.9. The van der Waals surface area contributed by atoms with Gasteiger partial charge in [-0.25, -0.2) is 9.67 Å². The van der Waals surface area contributed by atoms with Crippen LogP contribution in [0.2, 0.25) is 0 Å². The summed E-state index contributed by atoms with van der Waals surface area (Å²) in [5.41, 5.74) is 2.71. The maximum Gasteiger partial charge on any atom is 0.293 e. The van der Waals surface area contributed by atoms with Crippen molar-refractivity contribution >= 4 is 27.0 Å². The van der Waals surface area contributed by atoms with Crippen molar-refractivity contribution in [3.8, 4) is 11.8 Å². The van der Waals surface area contributed by atoms with Gasteiger partial charge in [0.2, 0.25) is 0 Å². The Hall–Kier alpha value is -2.46. The summed E-state index contributed by atoms with van der Waals surface area (Å²) < 4.78 is 3.71. The van der Waals surface area contributed by atoms with E-state index >= 15 is 0 Å². The Kier molecular flexibility index (Phi) is 4.26. The first kappa shape index (κ1) is 15.4. The van der Waals surface area contributed by atoms with Gasteiger partial charge >= 0.3 is 0 Å². The largest absolute Gasteiger partial charge is 0.302 e. The van der Waals surface area contributed by atoms with Crippen molar-refractivity contribution < 1.29 is 0 Å². The van der Waals surface area contributed by atoms with E-state index in [-0.39, 0.29) is 5.56 Å². The Balaban J connectivity index is 2.10. The van der Waals surface area contributed by atoms with E-state index < -0.39 is 0 Å². The first-order valence-corrected chi connectivity index (χ1v) is 7.82. The summed E-state index contributed by atoms with van der Waals surface area (Å²) in [6.07, 6.45) is 3.32. The molecule has 0 aromatic carbocycles. The third-order valence-corrected chi connectivity index (χ3v) is 4.01. The lowest BCUT2D eigenvalue weighted by Gasteiger charge is -2.06. The summed E-state index contributed by atoms with van der Waals surface area (Å²) in [6, 6.07) is 3.85. The minimum absolute atomic E-state index is 0.207. The van der Waals surface area contributed by atoms with Gasteiger partial charge in [-0.05, 0) is 47.5 Å². The van der Waals surface area contributed by atoms with Crippen molar-refractivity contribution in [3.05, 3.63) is 50.9 Å². The molecule has 23 heavy (non-hydrogen) atoms. The highest BCUT2D eigenvalue weighted by molar-refractivity contribution is 9.10. The normalized spacial score (nSPS) is 10.6. The third kappa shape index (κ3) is 3.03. The molecule has 3 rings (SSSR count). The van der Waals surface area contributed by atoms with E-state index in [1.165, 1.54) is 4.68 Å². The minimum Gasteiger partial charge on any atom is -0.302 e. The van der Waals surface area contributed by atoms with Crippen LogP contribution in [0.1, 0.15) is 18.2 Å². The summed E-state index contributed by atoms with van der Waals surface area (Å²) in [4.78, 5) is 21.3. The lowest BCUT2D eigenvalue weighted by Crippen LogP contribution is -2.25. The molecule has 0 saturated heterocycles. The van der Waals surface area contributed by atoms with E-state index in [4.69, 9.17) is 0 Å². The van der Waals surface area contributed by atoms with Crippen molar-refractivity contribution in [2.75, 3.05) is 0 Å². The number of pyridine rings is 1. The molecule has 3 aromatic rings. The Morgan fingerprint density at radius 3 is 2.96 bits per heavy atom. The number of imidazole rings is 1. The van der Waals surface area contributed by atoms with Crippen LogP contribution in [0, 0.1) is 18.8 Å². The molecule has 3 heterocycles. The number of hydrogen-bond donors (Lipinski definition) is 0. The summed E-state index contributed by atoms with van der Waals surface area (Å²) in [6.45, 7) is 4.46. The quantitative estimate of drug-likeness (QED) is 0.661. The van der Waals surface area contributed by atoms with Gasteiger partial charge in [-0.15, -0.1) is 5.92 Å². The van der Waals surface area contributed by atoms with E-state index in [9.17, 15) is 4.79 Å². The van der Waals surface area contributed by atoms with Gasteiger partial charge < -0.3 is 4.57 Å². The molecule has 6 nitrogen and oxygen atoms in total. The number of halogens is 1. The van der Waals surface area contributed by atoms with Gasteiger partial charge in [0.05, 0.1) is 25.0 Å². The summed E-state index contributed by atoms with van der Waals surface area (Å²) in [5.74, 6) is 5.77. The SMILES string of the molecule is CC#CCn1c(Br)nc2cnn(Cc3cc(C)ccn3)c(=O)c21. The summed E-state index contributed by atoms with van der Waals surface area (Å²) in [7, 11) is 0. The zero-order valence-electron chi connectivity index (χ0n) is 12.7. The standard InChI is InChI=1S/C16H14BrN5O/c1-3-4-7-21-14-13(20-16(21)17)9-19-22(15(14)23)10-12-8-11(2)5-6-18-12/h5-6,8-9H,7,10H2,1-2H3. The van der Waals surface area contributed by atoms with Gasteiger partial charge in [0.25, 0.3) is 5.56 Å². The van der Waals surface area contributed by atoms with Crippen molar-refractivity contribution in [2.45, 2.75) is 26.9 Å². The highest BCUT2D eigenvalue weighted by Gasteiger charge is 2.14. The molecule has 7 heteroatoms. The summed E-state index contributed by atoms with van der Waals surface area (Å²) in [5, 5.41) is 4.20. The monoisotopic (exact) mass is 371 g/mol. The van der Waals surface area contributed by atoms with Crippen LogP contribution in [0.3, 0.4) is 0 Å². The molecular formula is C16H14BrN5O. The second-order valence-corrected chi connectivity index (χ2v) is 5.77. The highest BCUT2D eigenvalue weighted by Crippen LogP contribution is 2.16. The van der Waals surface area contributed by atoms with Crippen LogP contribution in [0.25, 0.3) is 11.0 Å². The second kappa shape index (κ2) is 6.34. The predicted octanol–water partition coefficient (Wildman–Crippen LogP) is 2.13. The Bertz CT molecular complexity index is 993. The van der Waals surface area contributed by atoms with E-state index in [1.54, 1.807) is 23.9 Å². The van der Waals surface area contributed by atoms with Gasteiger partial charge in [-0.1, -0.05) is 5.92 Å². The number of fused-ring (bicyclic) bond motifs is 1. The molecule has 0 aliphatic carbocycles. The average molecular weight is 372 g/mol. The molecule has 0 radical (unpaired) electrons. The second-order valence-electron chi connectivity index (χ2n) is 5.06. The lowest BCUT2D eigenvalue weighted by atomic mass is 10.2. The maximum absolute atomic E-state index is 12.8. The predicted molar refractivity (Wildman–Crippen MR) is 91.0 cm³/mol. The molecule has 0 N–H and O–H groups in total. The zero-order chi connectivity index (χ0) is 16.4. The van der Waals surface area contributed by atoms with Gasteiger partial charge in [-0.2, -0.15) is 5.10 Å². The fourth-order valence-electron chi connectivity index (χ4n) is 2.31. The minimum atomic E-state index is -0.207. The van der Waals surface area contributed by atoms with Gasteiger partial charge in [0.15, 0.2) is 4.73 Å². The van der Waals surface area contributed by atoms with E-state index in [1.807, 2.05) is 19.1 Å². The van der Waals surface area contributed by atoms with Crippen molar-refractivity contribution in [2.24, 2.45) is 0 Å². The molecule has 0 fully saturated rings. The molecular weight excluding hydrogens is 358 g/mol. The zero-order valence-corrected chi connectivity index (χ0v) is 14.3. The van der Waals surface area contributed by atoms with Crippen molar-refractivity contribution in [3.63, 3.8) is 0 Å². The maximum atomic E-state index is 12.8. The average Bonchev–Trinajstić information content (AvgIpc) is 2.84. The van der Waals surface area contributed by atoms with E-state index in [2.05, 4.69) is 42.8 Å². The van der Waals surface area contributed by atoms with E-state index in [0.29, 0.717) is 28.9 Å². The van der Waals surface area contributed by atoms with Crippen LogP contribution in [-0.4, -0.2) is 24.3 Å². The first-order chi connectivity index (χ1) is 11.1. The first-order valence-electron chi connectivity index (χ1n) is 7.03. The number of aromatic nitrogens is 5. The topological polar surface area (TPSA) is 65.6 Å². The molecule has 116 valence electrons. The number of aryl methyl sites for hydroxylation is 1. The molecule has 0 amide bonds. The van der Waals surface area contributed by atoms with Gasteiger partial charge in [-0.3, -0.25) is 9.78 Å². The molecule has 0 aliphatic rings. The molecule has 0 bridgehead atoms. The number of hydrogen-bond acceptors (Lipinski definition) is 4. The lowest BCUT2D eigenvalue weighted by molar-refractivity contribution is 0.631. The van der Waals surface area contributed by atoms with Crippen LogP contribution in [0.4, 0.5) is 0 Å². The van der Waals surface area contributed by atoms with Crippen LogP contribution >= 0.6 is 15.9 Å². The van der Waals surface area contributed by atoms with Crippen molar-refractivity contribution in [1.82, 2.24) is 24.3 Å². The van der Waals surface area contributed by atoms with Crippen LogP contribution in [0.15, 0.2) is 34.1 Å². The molecule has 0 saturated carbocycles.